The summed E-state index contributed by atoms with van der Waals surface area (Å²) in [5.74, 6) is 0. The molecule has 0 saturated heterocycles. The van der Waals surface area contributed by atoms with Gasteiger partial charge < -0.3 is 4.74 Å². The summed E-state index contributed by atoms with van der Waals surface area (Å²) in [5, 5.41) is 9.61. The van der Waals surface area contributed by atoms with E-state index in [1.165, 1.54) is 0 Å². The Morgan fingerprint density at radius 2 is 2.25 bits per heavy atom. The zero-order valence-corrected chi connectivity index (χ0v) is 12.6. The number of benzene rings is 1. The number of amides is 1. The minimum atomic E-state index is -0.555. The molecule has 1 amide bonds. The summed E-state index contributed by atoms with van der Waals surface area (Å²) in [7, 11) is 0. The lowest BCUT2D eigenvalue weighted by atomic mass is 10.0. The Morgan fingerprint density at radius 3 is 2.85 bits per heavy atom. The van der Waals surface area contributed by atoms with Crippen LogP contribution in [0.2, 0.25) is 5.02 Å². The quantitative estimate of drug-likeness (QED) is 0.785. The van der Waals surface area contributed by atoms with Gasteiger partial charge >= 0.3 is 6.09 Å². The van der Waals surface area contributed by atoms with Gasteiger partial charge in [0.05, 0.1) is 25.1 Å². The highest BCUT2D eigenvalue weighted by Gasteiger charge is 2.35. The van der Waals surface area contributed by atoms with E-state index in [4.69, 9.17) is 21.6 Å². The van der Waals surface area contributed by atoms with Crippen molar-refractivity contribution >= 4 is 17.7 Å². The number of rotatable bonds is 1. The molecular formula is C15H17ClN2O2. The molecule has 0 aromatic heterocycles. The smallest absolute Gasteiger partial charge is 0.411 e. The van der Waals surface area contributed by atoms with Crippen LogP contribution in [0.15, 0.2) is 18.2 Å². The number of fused-ring (bicyclic) bond motifs is 1. The summed E-state index contributed by atoms with van der Waals surface area (Å²) >= 11 is 5.98. The fourth-order valence-corrected chi connectivity index (χ4v) is 2.51. The Morgan fingerprint density at radius 1 is 1.55 bits per heavy atom. The minimum Gasteiger partial charge on any atom is -0.444 e. The van der Waals surface area contributed by atoms with Crippen LogP contribution in [0.1, 0.15) is 44.4 Å². The highest BCUT2D eigenvalue weighted by atomic mass is 35.5. The fraction of sp³-hybridized carbons (Fsp3) is 0.467. The Labute approximate surface area is 123 Å². The van der Waals surface area contributed by atoms with Crippen LogP contribution in [-0.4, -0.2) is 16.6 Å². The van der Waals surface area contributed by atoms with Gasteiger partial charge in [-0.1, -0.05) is 17.7 Å². The molecule has 4 nitrogen and oxygen atoms in total. The number of nitrogens with zero attached hydrogens (tertiary/aromatic N) is 2. The van der Waals surface area contributed by atoms with Crippen LogP contribution < -0.4 is 0 Å². The number of ether oxygens (including phenoxy) is 1. The lowest BCUT2D eigenvalue weighted by molar-refractivity contribution is 0.0176. The van der Waals surface area contributed by atoms with Gasteiger partial charge in [0.25, 0.3) is 0 Å². The van der Waals surface area contributed by atoms with Crippen molar-refractivity contribution in [2.75, 3.05) is 0 Å². The van der Waals surface area contributed by atoms with Gasteiger partial charge in [-0.05, 0) is 44.0 Å². The van der Waals surface area contributed by atoms with Crippen LogP contribution in [0.4, 0.5) is 4.79 Å². The molecule has 2 rings (SSSR count). The number of carbonyl (C=O) groups excluding carboxylic acids is 1. The molecule has 0 bridgehead atoms. The monoisotopic (exact) mass is 292 g/mol. The summed E-state index contributed by atoms with van der Waals surface area (Å²) in [6.07, 6.45) is -0.154. The lowest BCUT2D eigenvalue weighted by Gasteiger charge is -2.27. The first-order valence-corrected chi connectivity index (χ1v) is 6.84. The molecule has 0 aliphatic carbocycles. The largest absolute Gasteiger partial charge is 0.444 e. The Kier molecular flexibility index (Phi) is 3.92. The molecule has 5 heteroatoms. The first kappa shape index (κ1) is 14.7. The van der Waals surface area contributed by atoms with Crippen LogP contribution in [0.3, 0.4) is 0 Å². The van der Waals surface area contributed by atoms with E-state index in [1.54, 1.807) is 11.0 Å². The second-order valence-electron chi connectivity index (χ2n) is 5.83. The van der Waals surface area contributed by atoms with Gasteiger partial charge in [-0.15, -0.1) is 0 Å². The third-order valence-electron chi connectivity index (χ3n) is 3.09. The van der Waals surface area contributed by atoms with E-state index >= 15 is 0 Å². The van der Waals surface area contributed by atoms with Gasteiger partial charge in [-0.25, -0.2) is 4.79 Å². The average Bonchev–Trinajstić information content (AvgIpc) is 2.66. The molecule has 0 N–H and O–H groups in total. The number of nitriles is 1. The van der Waals surface area contributed by atoms with Crippen molar-refractivity contribution in [3.05, 3.63) is 34.3 Å². The molecule has 1 aromatic carbocycles. The van der Waals surface area contributed by atoms with Crippen LogP contribution in [0, 0.1) is 11.3 Å². The van der Waals surface area contributed by atoms with E-state index in [0.717, 1.165) is 11.1 Å². The molecule has 1 aliphatic heterocycles. The van der Waals surface area contributed by atoms with Gasteiger partial charge in [0, 0.05) is 5.02 Å². The van der Waals surface area contributed by atoms with Crippen molar-refractivity contribution in [3.63, 3.8) is 0 Å². The third-order valence-corrected chi connectivity index (χ3v) is 3.33. The second kappa shape index (κ2) is 5.34. The highest BCUT2D eigenvalue weighted by Crippen LogP contribution is 2.37. The van der Waals surface area contributed by atoms with Crippen molar-refractivity contribution in [3.8, 4) is 6.07 Å². The molecular weight excluding hydrogens is 276 g/mol. The Bertz CT molecular complexity index is 572. The first-order valence-electron chi connectivity index (χ1n) is 6.47. The molecule has 106 valence electrons. The van der Waals surface area contributed by atoms with E-state index < -0.39 is 11.7 Å². The number of hydrogen-bond acceptors (Lipinski definition) is 3. The molecule has 1 aromatic rings. The SMILES string of the molecule is CC(C)(C)OC(=O)N1Cc2cc(Cl)ccc2C1CC#N. The van der Waals surface area contributed by atoms with Gasteiger partial charge in [0.2, 0.25) is 0 Å². The maximum absolute atomic E-state index is 12.3. The highest BCUT2D eigenvalue weighted by molar-refractivity contribution is 6.30. The summed E-state index contributed by atoms with van der Waals surface area (Å²) in [6, 6.07) is 7.37. The normalized spacial score (nSPS) is 17.6. The Hall–Kier alpha value is -1.73. The molecule has 0 radical (unpaired) electrons. The van der Waals surface area contributed by atoms with Crippen molar-refractivity contribution < 1.29 is 9.53 Å². The average molecular weight is 293 g/mol. The maximum Gasteiger partial charge on any atom is 0.411 e. The number of carbonyl (C=O) groups is 1. The van der Waals surface area contributed by atoms with Crippen LogP contribution in [-0.2, 0) is 11.3 Å². The molecule has 1 aliphatic rings. The van der Waals surface area contributed by atoms with Gasteiger partial charge in [-0.3, -0.25) is 4.90 Å². The molecule has 0 saturated carbocycles. The molecule has 1 atom stereocenters. The number of halogens is 1. The predicted octanol–water partition coefficient (Wildman–Crippen LogP) is 4.05. The van der Waals surface area contributed by atoms with E-state index in [9.17, 15) is 4.79 Å². The molecule has 20 heavy (non-hydrogen) atoms. The summed E-state index contributed by atoms with van der Waals surface area (Å²) in [5.41, 5.74) is 1.39. The first-order chi connectivity index (χ1) is 9.31. The Balaban J connectivity index is 2.28. The number of hydrogen-bond donors (Lipinski definition) is 0. The molecule has 1 heterocycles. The van der Waals surface area contributed by atoms with Crippen LogP contribution >= 0.6 is 11.6 Å². The van der Waals surface area contributed by atoms with Crippen molar-refractivity contribution in [1.29, 1.82) is 5.26 Å². The van der Waals surface area contributed by atoms with Gasteiger partial charge in [0.1, 0.15) is 5.60 Å². The van der Waals surface area contributed by atoms with Gasteiger partial charge in [-0.2, -0.15) is 5.26 Å². The molecule has 1 unspecified atom stereocenters. The zero-order chi connectivity index (χ0) is 14.9. The minimum absolute atomic E-state index is 0.244. The second-order valence-corrected chi connectivity index (χ2v) is 6.27. The molecule has 0 fully saturated rings. The fourth-order valence-electron chi connectivity index (χ4n) is 2.32. The summed E-state index contributed by atoms with van der Waals surface area (Å²) in [4.78, 5) is 13.9. The third kappa shape index (κ3) is 3.05. The maximum atomic E-state index is 12.3. The standard InChI is InChI=1S/C15H17ClN2O2/c1-15(2,3)20-14(19)18-9-10-8-11(16)4-5-12(10)13(18)6-7-17/h4-5,8,13H,6,9H2,1-3H3. The van der Waals surface area contributed by atoms with Crippen molar-refractivity contribution in [2.24, 2.45) is 0 Å². The predicted molar refractivity (Wildman–Crippen MR) is 76.2 cm³/mol. The van der Waals surface area contributed by atoms with E-state index in [0.29, 0.717) is 11.6 Å². The van der Waals surface area contributed by atoms with Crippen LogP contribution in [0.25, 0.3) is 0 Å². The summed E-state index contributed by atoms with van der Waals surface area (Å²) in [6.45, 7) is 5.90. The van der Waals surface area contributed by atoms with E-state index in [2.05, 4.69) is 6.07 Å². The van der Waals surface area contributed by atoms with Crippen molar-refractivity contribution in [2.45, 2.75) is 45.4 Å². The molecule has 0 spiro atoms. The van der Waals surface area contributed by atoms with E-state index in [1.807, 2.05) is 32.9 Å². The zero-order valence-electron chi connectivity index (χ0n) is 11.8. The van der Waals surface area contributed by atoms with Crippen LogP contribution in [0.5, 0.6) is 0 Å². The summed E-state index contributed by atoms with van der Waals surface area (Å²) < 4.78 is 5.40. The van der Waals surface area contributed by atoms with Crippen molar-refractivity contribution in [1.82, 2.24) is 4.90 Å². The topological polar surface area (TPSA) is 53.3 Å². The van der Waals surface area contributed by atoms with E-state index in [-0.39, 0.29) is 12.5 Å². The van der Waals surface area contributed by atoms with Gasteiger partial charge in [0.15, 0.2) is 0 Å². The lowest BCUT2D eigenvalue weighted by Crippen LogP contribution is -2.35.